The number of aromatic amines is 1. The maximum absolute atomic E-state index is 11.4. The number of rotatable bonds is 5. The number of hydrogen-bond donors (Lipinski definition) is 2. The van der Waals surface area contributed by atoms with Crippen molar-refractivity contribution in [3.63, 3.8) is 0 Å². The van der Waals surface area contributed by atoms with Crippen LogP contribution in [0.5, 0.6) is 11.5 Å². The number of methoxy groups -OCH3 is 1. The third-order valence-electron chi connectivity index (χ3n) is 3.47. The molecule has 0 amide bonds. The second-order valence-corrected chi connectivity index (χ2v) is 4.79. The molecule has 2 aromatic carbocycles. The number of carbonyl (C=O) groups is 1. The van der Waals surface area contributed by atoms with E-state index in [0.29, 0.717) is 16.9 Å². The Kier molecular flexibility index (Phi) is 3.70. The van der Waals surface area contributed by atoms with Crippen LogP contribution in [-0.4, -0.2) is 23.2 Å². The van der Waals surface area contributed by atoms with Crippen LogP contribution in [0.25, 0.3) is 10.9 Å². The first kappa shape index (κ1) is 14.0. The molecule has 1 aromatic heterocycles. The Morgan fingerprint density at radius 3 is 2.64 bits per heavy atom. The van der Waals surface area contributed by atoms with Crippen molar-refractivity contribution in [1.29, 1.82) is 0 Å². The Hall–Kier alpha value is -2.95. The molecule has 0 radical (unpaired) electrons. The minimum Gasteiger partial charge on any atom is -0.493 e. The normalized spacial score (nSPS) is 10.6. The highest BCUT2D eigenvalue weighted by Gasteiger charge is 2.14. The number of fused-ring (bicyclic) bond motifs is 1. The highest BCUT2D eigenvalue weighted by molar-refractivity contribution is 6.04. The van der Waals surface area contributed by atoms with Gasteiger partial charge in [0.05, 0.1) is 12.7 Å². The van der Waals surface area contributed by atoms with Crippen molar-refractivity contribution in [3.8, 4) is 11.5 Å². The van der Waals surface area contributed by atoms with Crippen LogP contribution < -0.4 is 9.47 Å². The standard InChI is InChI=1S/C17H15NO4/c1-21-14-7-2-3-8-15(14)22-10-11-9-18-13-6-4-5-12(16(11)13)17(19)20/h2-9,18H,10H2,1H3,(H,19,20). The molecule has 5 heteroatoms. The Bertz CT molecular complexity index is 822. The number of carboxylic acid groups (broad SMARTS) is 1. The van der Waals surface area contributed by atoms with E-state index in [1.54, 1.807) is 25.4 Å². The molecular weight excluding hydrogens is 282 g/mol. The van der Waals surface area contributed by atoms with E-state index in [-0.39, 0.29) is 12.2 Å². The number of H-pyrrole nitrogens is 1. The predicted molar refractivity (Wildman–Crippen MR) is 82.6 cm³/mol. The van der Waals surface area contributed by atoms with Crippen molar-refractivity contribution in [1.82, 2.24) is 4.98 Å². The molecule has 0 spiro atoms. The van der Waals surface area contributed by atoms with Crippen LogP contribution in [0.4, 0.5) is 0 Å². The molecule has 22 heavy (non-hydrogen) atoms. The van der Waals surface area contributed by atoms with Gasteiger partial charge in [0.2, 0.25) is 0 Å². The molecule has 2 N–H and O–H groups in total. The lowest BCUT2D eigenvalue weighted by atomic mass is 10.1. The van der Waals surface area contributed by atoms with Gasteiger partial charge in [0, 0.05) is 22.7 Å². The zero-order chi connectivity index (χ0) is 15.5. The molecule has 0 saturated heterocycles. The van der Waals surface area contributed by atoms with Gasteiger partial charge in [0.15, 0.2) is 11.5 Å². The summed E-state index contributed by atoms with van der Waals surface area (Å²) in [5, 5.41) is 9.99. The van der Waals surface area contributed by atoms with Crippen molar-refractivity contribution < 1.29 is 19.4 Å². The lowest BCUT2D eigenvalue weighted by molar-refractivity contribution is 0.0699. The number of benzene rings is 2. The largest absolute Gasteiger partial charge is 0.493 e. The predicted octanol–water partition coefficient (Wildman–Crippen LogP) is 3.45. The van der Waals surface area contributed by atoms with Crippen molar-refractivity contribution in [2.75, 3.05) is 7.11 Å². The summed E-state index contributed by atoms with van der Waals surface area (Å²) in [6.07, 6.45) is 1.77. The number of para-hydroxylation sites is 2. The smallest absolute Gasteiger partial charge is 0.336 e. The Morgan fingerprint density at radius 1 is 1.14 bits per heavy atom. The van der Waals surface area contributed by atoms with Gasteiger partial charge < -0.3 is 19.6 Å². The first-order chi connectivity index (χ1) is 10.7. The third-order valence-corrected chi connectivity index (χ3v) is 3.47. The summed E-state index contributed by atoms with van der Waals surface area (Å²) < 4.78 is 11.0. The van der Waals surface area contributed by atoms with Crippen molar-refractivity contribution in [3.05, 3.63) is 59.8 Å². The molecule has 0 atom stereocenters. The minimum absolute atomic E-state index is 0.255. The van der Waals surface area contributed by atoms with Gasteiger partial charge in [0.25, 0.3) is 0 Å². The van der Waals surface area contributed by atoms with Crippen LogP contribution in [0.3, 0.4) is 0 Å². The van der Waals surface area contributed by atoms with Gasteiger partial charge in [-0.15, -0.1) is 0 Å². The maximum atomic E-state index is 11.4. The maximum Gasteiger partial charge on any atom is 0.336 e. The van der Waals surface area contributed by atoms with Gasteiger partial charge in [-0.25, -0.2) is 4.79 Å². The molecule has 0 aliphatic rings. The van der Waals surface area contributed by atoms with Gasteiger partial charge in [0.1, 0.15) is 6.61 Å². The molecule has 5 nitrogen and oxygen atoms in total. The van der Waals surface area contributed by atoms with E-state index in [2.05, 4.69) is 4.98 Å². The van der Waals surface area contributed by atoms with Crippen molar-refractivity contribution in [2.45, 2.75) is 6.61 Å². The summed E-state index contributed by atoms with van der Waals surface area (Å²) >= 11 is 0. The van der Waals surface area contributed by atoms with E-state index in [0.717, 1.165) is 11.1 Å². The molecule has 112 valence electrons. The zero-order valence-corrected chi connectivity index (χ0v) is 12.0. The van der Waals surface area contributed by atoms with Crippen LogP contribution in [0.1, 0.15) is 15.9 Å². The van der Waals surface area contributed by atoms with Gasteiger partial charge in [-0.1, -0.05) is 18.2 Å². The average molecular weight is 297 g/mol. The number of carboxylic acids is 1. The minimum atomic E-state index is -0.955. The third kappa shape index (κ3) is 2.48. The van der Waals surface area contributed by atoms with Crippen LogP contribution in [-0.2, 0) is 6.61 Å². The van der Waals surface area contributed by atoms with E-state index in [9.17, 15) is 9.90 Å². The number of aromatic carboxylic acids is 1. The van der Waals surface area contributed by atoms with Crippen LogP contribution >= 0.6 is 0 Å². The summed E-state index contributed by atoms with van der Waals surface area (Å²) in [6, 6.07) is 12.5. The molecule has 0 aliphatic carbocycles. The topological polar surface area (TPSA) is 71.5 Å². The van der Waals surface area contributed by atoms with E-state index in [1.165, 1.54) is 0 Å². The van der Waals surface area contributed by atoms with Gasteiger partial charge in [-0.05, 0) is 24.3 Å². The van der Waals surface area contributed by atoms with E-state index in [4.69, 9.17) is 9.47 Å². The lowest BCUT2D eigenvalue weighted by Crippen LogP contribution is -2.01. The summed E-state index contributed by atoms with van der Waals surface area (Å²) in [4.78, 5) is 14.4. The van der Waals surface area contributed by atoms with Crippen LogP contribution in [0.15, 0.2) is 48.7 Å². The second-order valence-electron chi connectivity index (χ2n) is 4.79. The summed E-state index contributed by atoms with van der Waals surface area (Å²) in [7, 11) is 1.58. The molecule has 0 fully saturated rings. The van der Waals surface area contributed by atoms with E-state index < -0.39 is 5.97 Å². The molecular formula is C17H15NO4. The molecule has 0 saturated carbocycles. The van der Waals surface area contributed by atoms with Gasteiger partial charge in [-0.3, -0.25) is 0 Å². The Balaban J connectivity index is 1.93. The molecule has 0 bridgehead atoms. The molecule has 0 aliphatic heterocycles. The number of nitrogens with one attached hydrogen (secondary N) is 1. The van der Waals surface area contributed by atoms with Crippen molar-refractivity contribution in [2.24, 2.45) is 0 Å². The quantitative estimate of drug-likeness (QED) is 0.756. The number of ether oxygens (including phenoxy) is 2. The highest BCUT2D eigenvalue weighted by Crippen LogP contribution is 2.29. The number of hydrogen-bond acceptors (Lipinski definition) is 3. The summed E-state index contributed by atoms with van der Waals surface area (Å²) in [6.45, 7) is 0.255. The Labute approximate surface area is 127 Å². The first-order valence-electron chi connectivity index (χ1n) is 6.79. The molecule has 3 aromatic rings. The highest BCUT2D eigenvalue weighted by atomic mass is 16.5. The summed E-state index contributed by atoms with van der Waals surface area (Å²) in [5.74, 6) is 0.302. The lowest BCUT2D eigenvalue weighted by Gasteiger charge is -2.10. The zero-order valence-electron chi connectivity index (χ0n) is 12.0. The van der Waals surface area contributed by atoms with Crippen LogP contribution in [0, 0.1) is 0 Å². The summed E-state index contributed by atoms with van der Waals surface area (Å²) in [5.41, 5.74) is 1.83. The second kappa shape index (κ2) is 5.81. The van der Waals surface area contributed by atoms with Gasteiger partial charge >= 0.3 is 5.97 Å². The van der Waals surface area contributed by atoms with Gasteiger partial charge in [-0.2, -0.15) is 0 Å². The monoisotopic (exact) mass is 297 g/mol. The van der Waals surface area contributed by atoms with E-state index in [1.807, 2.05) is 30.3 Å². The van der Waals surface area contributed by atoms with Crippen molar-refractivity contribution >= 4 is 16.9 Å². The fraction of sp³-hybridized carbons (Fsp3) is 0.118. The molecule has 1 heterocycles. The van der Waals surface area contributed by atoms with E-state index >= 15 is 0 Å². The van der Waals surface area contributed by atoms with Crippen LogP contribution in [0.2, 0.25) is 0 Å². The average Bonchev–Trinajstić information content (AvgIpc) is 2.96. The SMILES string of the molecule is COc1ccccc1OCc1c[nH]c2cccc(C(=O)O)c12. The Morgan fingerprint density at radius 2 is 1.91 bits per heavy atom. The fourth-order valence-corrected chi connectivity index (χ4v) is 2.44. The number of aromatic nitrogens is 1. The fourth-order valence-electron chi connectivity index (χ4n) is 2.44. The molecule has 0 unspecified atom stereocenters. The molecule has 3 rings (SSSR count). The first-order valence-corrected chi connectivity index (χ1v) is 6.79.